The number of aryl methyl sites for hydroxylation is 2. The van der Waals surface area contributed by atoms with Gasteiger partial charge in [0.25, 0.3) is 11.5 Å². The summed E-state index contributed by atoms with van der Waals surface area (Å²) in [5, 5.41) is 14.6. The predicted molar refractivity (Wildman–Crippen MR) is 143 cm³/mol. The first-order valence-corrected chi connectivity index (χ1v) is 12.4. The van der Waals surface area contributed by atoms with Crippen LogP contribution < -0.4 is 16.2 Å². The molecular formula is C27H40N6O2. The zero-order chi connectivity index (χ0) is 25.5. The Morgan fingerprint density at radius 2 is 1.86 bits per heavy atom. The molecule has 35 heavy (non-hydrogen) atoms. The topological polar surface area (TPSA) is 104 Å². The van der Waals surface area contributed by atoms with Crippen molar-refractivity contribution >= 4 is 17.8 Å². The van der Waals surface area contributed by atoms with E-state index < -0.39 is 0 Å². The minimum Gasteiger partial charge on any atom is -0.382 e. The number of nitrogens with zero attached hydrogens (tertiary/aromatic N) is 2. The van der Waals surface area contributed by atoms with Crippen molar-refractivity contribution in [1.82, 2.24) is 20.1 Å². The number of likely N-dealkylation sites (N-methyl/N-ethyl adjacent to an activating group) is 2. The van der Waals surface area contributed by atoms with Crippen LogP contribution in [0.25, 0.3) is 0 Å². The van der Waals surface area contributed by atoms with Crippen LogP contribution in [0.5, 0.6) is 0 Å². The number of carbonyl (C=O) groups excluding carboxylic acids is 1. The molecule has 1 aromatic heterocycles. The fourth-order valence-corrected chi connectivity index (χ4v) is 4.68. The summed E-state index contributed by atoms with van der Waals surface area (Å²) in [5.74, 6) is -0.282. The van der Waals surface area contributed by atoms with Crippen molar-refractivity contribution in [3.05, 3.63) is 62.1 Å². The highest BCUT2D eigenvalue weighted by molar-refractivity contribution is 6.05. The number of carbonyl (C=O) groups is 1. The van der Waals surface area contributed by atoms with Gasteiger partial charge in [-0.15, -0.1) is 0 Å². The first kappa shape index (κ1) is 26.6. The number of hydrogen-bond donors (Lipinski definition) is 4. The fraction of sp³-hybridized carbons (Fsp3) is 0.519. The number of hydrogen-bond acceptors (Lipinski definition) is 6. The third-order valence-corrected chi connectivity index (χ3v) is 6.64. The molecule has 3 rings (SSSR count). The minimum absolute atomic E-state index is 0.135. The zero-order valence-electron chi connectivity index (χ0n) is 21.8. The SMILES string of the molecule is Cc1cc(C)c(CNC(=O)c2cc(CN(C)CCN(C)C)cc(NC3CCCC3)c2C=N)c(=O)[nH]1. The van der Waals surface area contributed by atoms with E-state index in [0.717, 1.165) is 48.4 Å². The van der Waals surface area contributed by atoms with Crippen molar-refractivity contribution in [2.75, 3.05) is 39.5 Å². The Morgan fingerprint density at radius 1 is 1.14 bits per heavy atom. The van der Waals surface area contributed by atoms with Crippen molar-refractivity contribution in [3.63, 3.8) is 0 Å². The van der Waals surface area contributed by atoms with E-state index in [1.165, 1.54) is 19.1 Å². The summed E-state index contributed by atoms with van der Waals surface area (Å²) in [6, 6.07) is 6.23. The zero-order valence-corrected chi connectivity index (χ0v) is 21.8. The molecule has 0 aliphatic heterocycles. The maximum Gasteiger partial charge on any atom is 0.253 e. The second kappa shape index (κ2) is 12.1. The Morgan fingerprint density at radius 3 is 2.49 bits per heavy atom. The Kier molecular flexibility index (Phi) is 9.23. The second-order valence-corrected chi connectivity index (χ2v) is 10.0. The molecule has 0 saturated heterocycles. The Labute approximate surface area is 208 Å². The van der Waals surface area contributed by atoms with Crippen LogP contribution in [0.4, 0.5) is 5.69 Å². The molecule has 0 unspecified atom stereocenters. The van der Waals surface area contributed by atoms with Crippen LogP contribution in [0.15, 0.2) is 23.0 Å². The van der Waals surface area contributed by atoms with Crippen molar-refractivity contribution in [2.24, 2.45) is 0 Å². The number of H-pyrrole nitrogens is 1. The molecule has 4 N–H and O–H groups in total. The van der Waals surface area contributed by atoms with Crippen LogP contribution in [0.1, 0.15) is 64.0 Å². The lowest BCUT2D eigenvalue weighted by Gasteiger charge is -2.23. The summed E-state index contributed by atoms with van der Waals surface area (Å²) in [5.41, 5.74) is 4.90. The monoisotopic (exact) mass is 480 g/mol. The van der Waals surface area contributed by atoms with E-state index in [9.17, 15) is 9.59 Å². The summed E-state index contributed by atoms with van der Waals surface area (Å²) in [6.07, 6.45) is 5.85. The van der Waals surface area contributed by atoms with Crippen molar-refractivity contribution < 1.29 is 4.79 Å². The molecule has 0 bridgehead atoms. The molecule has 0 radical (unpaired) electrons. The van der Waals surface area contributed by atoms with Gasteiger partial charge in [0.15, 0.2) is 0 Å². The number of aromatic amines is 1. The second-order valence-electron chi connectivity index (χ2n) is 10.0. The maximum absolute atomic E-state index is 13.4. The number of amides is 1. The van der Waals surface area contributed by atoms with Gasteiger partial charge in [-0.25, -0.2) is 0 Å². The van der Waals surface area contributed by atoms with E-state index >= 15 is 0 Å². The minimum atomic E-state index is -0.282. The van der Waals surface area contributed by atoms with Gasteiger partial charge < -0.3 is 30.8 Å². The van der Waals surface area contributed by atoms with E-state index in [4.69, 9.17) is 5.41 Å². The first-order chi connectivity index (χ1) is 16.7. The average molecular weight is 481 g/mol. The van der Waals surface area contributed by atoms with Gasteiger partial charge in [-0.1, -0.05) is 12.8 Å². The van der Waals surface area contributed by atoms with Gasteiger partial charge >= 0.3 is 0 Å². The predicted octanol–water partition coefficient (Wildman–Crippen LogP) is 3.27. The highest BCUT2D eigenvalue weighted by Crippen LogP contribution is 2.27. The number of rotatable bonds is 11. The summed E-state index contributed by atoms with van der Waals surface area (Å²) in [4.78, 5) is 32.9. The molecule has 190 valence electrons. The van der Waals surface area contributed by atoms with Crippen LogP contribution >= 0.6 is 0 Å². The molecule has 8 nitrogen and oxygen atoms in total. The van der Waals surface area contributed by atoms with Gasteiger partial charge in [-0.3, -0.25) is 9.59 Å². The van der Waals surface area contributed by atoms with Crippen LogP contribution in [-0.2, 0) is 13.1 Å². The standard InChI is InChI=1S/C27H40N6O2/c1-18-12-19(2)30-27(35)24(18)16-29-26(34)22-13-20(17-33(5)11-10-32(3)4)14-25(23(22)15-28)31-21-8-6-7-9-21/h12-15,21,28,31H,6-11,16-17H2,1-5H3,(H,29,34)(H,30,35). The highest BCUT2D eigenvalue weighted by Gasteiger charge is 2.21. The van der Waals surface area contributed by atoms with Crippen molar-refractivity contribution in [3.8, 4) is 0 Å². The van der Waals surface area contributed by atoms with Gasteiger partial charge in [0.05, 0.1) is 5.56 Å². The molecule has 0 spiro atoms. The molecule has 1 heterocycles. The van der Waals surface area contributed by atoms with Gasteiger partial charge in [0, 0.05) is 60.9 Å². The van der Waals surface area contributed by atoms with Crippen LogP contribution in [0, 0.1) is 19.3 Å². The van der Waals surface area contributed by atoms with Gasteiger partial charge in [0.2, 0.25) is 0 Å². The van der Waals surface area contributed by atoms with Gasteiger partial charge in [-0.2, -0.15) is 0 Å². The Bertz CT molecular complexity index is 1100. The number of anilines is 1. The molecule has 1 aliphatic rings. The number of benzene rings is 1. The molecule has 8 heteroatoms. The molecule has 1 fully saturated rings. The maximum atomic E-state index is 13.4. The first-order valence-electron chi connectivity index (χ1n) is 12.4. The smallest absolute Gasteiger partial charge is 0.253 e. The molecule has 1 amide bonds. The van der Waals surface area contributed by atoms with E-state index in [0.29, 0.717) is 29.3 Å². The molecule has 0 atom stereocenters. The Balaban J connectivity index is 1.88. The summed E-state index contributed by atoms with van der Waals surface area (Å²) >= 11 is 0. The van der Waals surface area contributed by atoms with E-state index in [-0.39, 0.29) is 18.0 Å². The fourth-order valence-electron chi connectivity index (χ4n) is 4.68. The summed E-state index contributed by atoms with van der Waals surface area (Å²) in [7, 11) is 6.18. The van der Waals surface area contributed by atoms with E-state index in [1.54, 1.807) is 0 Å². The van der Waals surface area contributed by atoms with Crippen molar-refractivity contribution in [1.29, 1.82) is 5.41 Å². The third-order valence-electron chi connectivity index (χ3n) is 6.64. The van der Waals surface area contributed by atoms with Crippen LogP contribution in [0.3, 0.4) is 0 Å². The van der Waals surface area contributed by atoms with Gasteiger partial charge in [-0.05, 0) is 77.2 Å². The number of pyridine rings is 1. The largest absolute Gasteiger partial charge is 0.382 e. The third kappa shape index (κ3) is 7.26. The highest BCUT2D eigenvalue weighted by atomic mass is 16.1. The lowest BCUT2D eigenvalue weighted by Crippen LogP contribution is -2.30. The Hall–Kier alpha value is -2.97. The number of aromatic nitrogens is 1. The quantitative estimate of drug-likeness (QED) is 0.370. The number of nitrogens with one attached hydrogen (secondary N) is 4. The lowest BCUT2D eigenvalue weighted by atomic mass is 9.99. The van der Waals surface area contributed by atoms with E-state index in [1.807, 2.05) is 26.0 Å². The molecular weight excluding hydrogens is 440 g/mol. The summed E-state index contributed by atoms with van der Waals surface area (Å²) in [6.45, 7) is 6.40. The van der Waals surface area contributed by atoms with Gasteiger partial charge in [0.1, 0.15) is 0 Å². The molecule has 1 saturated carbocycles. The normalized spacial score (nSPS) is 14.0. The average Bonchev–Trinajstić information content (AvgIpc) is 3.29. The van der Waals surface area contributed by atoms with E-state index in [2.05, 4.69) is 52.6 Å². The summed E-state index contributed by atoms with van der Waals surface area (Å²) < 4.78 is 0. The molecule has 2 aromatic rings. The van der Waals surface area contributed by atoms with Crippen LogP contribution in [0.2, 0.25) is 0 Å². The molecule has 1 aromatic carbocycles. The lowest BCUT2D eigenvalue weighted by molar-refractivity contribution is 0.0950. The van der Waals surface area contributed by atoms with Crippen LogP contribution in [-0.4, -0.2) is 67.2 Å². The van der Waals surface area contributed by atoms with Crippen molar-refractivity contribution in [2.45, 2.75) is 58.7 Å². The molecule has 1 aliphatic carbocycles.